The molecule has 228 valence electrons. The number of hydrogen-bond acceptors (Lipinski definition) is 7. The topological polar surface area (TPSA) is 136 Å². The zero-order valence-corrected chi connectivity index (χ0v) is 24.1. The third-order valence-corrected chi connectivity index (χ3v) is 7.58. The molecule has 0 saturated carbocycles. The Morgan fingerprint density at radius 3 is 1.30 bits per heavy atom. The van der Waals surface area contributed by atoms with Crippen LogP contribution in [0.1, 0.15) is 0 Å². The Hall–Kier alpha value is -6.76. The maximum Gasteiger partial charge on any atom is 0.292 e. The number of hydrogen-bond donors (Lipinski definition) is 2. The lowest BCUT2D eigenvalue weighted by Gasteiger charge is -2.08. The van der Waals surface area contributed by atoms with Gasteiger partial charge in [-0.05, 0) is 97.1 Å². The molecule has 4 heterocycles. The van der Waals surface area contributed by atoms with Crippen LogP contribution < -0.4 is 15.9 Å². The van der Waals surface area contributed by atoms with Gasteiger partial charge in [0.05, 0.1) is 22.1 Å². The summed E-state index contributed by atoms with van der Waals surface area (Å²) in [6.07, 6.45) is 3.37. The number of aromatic amines is 2. The lowest BCUT2D eigenvalue weighted by Crippen LogP contribution is -2.09. The predicted octanol–water partition coefficient (Wildman–Crippen LogP) is 5.94. The molecular formula is C34H20F2N8O3. The summed E-state index contributed by atoms with van der Waals surface area (Å²) in [7, 11) is 0. The summed E-state index contributed by atoms with van der Waals surface area (Å²) >= 11 is 0. The molecule has 47 heavy (non-hydrogen) atoms. The van der Waals surface area contributed by atoms with Crippen LogP contribution in [0.5, 0.6) is 11.5 Å². The Morgan fingerprint density at radius 1 is 0.532 bits per heavy atom. The first-order valence-electron chi connectivity index (χ1n) is 14.3. The number of ether oxygens (including phenoxy) is 1. The van der Waals surface area contributed by atoms with Crippen LogP contribution in [-0.2, 0) is 0 Å². The summed E-state index contributed by atoms with van der Waals surface area (Å²) in [6.45, 7) is 0. The van der Waals surface area contributed by atoms with Gasteiger partial charge in [0.1, 0.15) is 34.5 Å². The zero-order valence-electron chi connectivity index (χ0n) is 24.1. The Morgan fingerprint density at radius 2 is 0.915 bits per heavy atom. The molecule has 8 aromatic rings. The van der Waals surface area contributed by atoms with Crippen molar-refractivity contribution in [3.8, 4) is 45.4 Å². The normalized spacial score (nSPS) is 11.4. The highest BCUT2D eigenvalue weighted by atomic mass is 19.1. The average Bonchev–Trinajstić information content (AvgIpc) is 3.74. The lowest BCUT2D eigenvalue weighted by atomic mass is 10.1. The first-order valence-corrected chi connectivity index (χ1v) is 14.3. The van der Waals surface area contributed by atoms with E-state index in [1.807, 2.05) is 24.3 Å². The Labute approximate surface area is 262 Å². The molecule has 0 spiro atoms. The molecule has 0 aliphatic heterocycles. The molecule has 4 aromatic heterocycles. The van der Waals surface area contributed by atoms with Gasteiger partial charge in [0, 0.05) is 23.5 Å². The second-order valence-corrected chi connectivity index (χ2v) is 10.6. The molecule has 0 amide bonds. The third kappa shape index (κ3) is 5.11. The van der Waals surface area contributed by atoms with Crippen molar-refractivity contribution in [3.63, 3.8) is 0 Å². The third-order valence-electron chi connectivity index (χ3n) is 7.58. The van der Waals surface area contributed by atoms with Crippen LogP contribution in [0.4, 0.5) is 8.78 Å². The summed E-state index contributed by atoms with van der Waals surface area (Å²) in [5.41, 5.74) is 3.22. The van der Waals surface area contributed by atoms with Crippen molar-refractivity contribution in [1.82, 2.24) is 40.0 Å². The summed E-state index contributed by atoms with van der Waals surface area (Å²) in [4.78, 5) is 24.9. The number of aromatic nitrogens is 8. The summed E-state index contributed by atoms with van der Waals surface area (Å²) in [6, 6.07) is 26.0. The van der Waals surface area contributed by atoms with Crippen molar-refractivity contribution in [1.29, 1.82) is 0 Å². The minimum atomic E-state index is -0.437. The highest BCUT2D eigenvalue weighted by Crippen LogP contribution is 2.31. The Balaban J connectivity index is 1.04. The molecule has 4 aromatic carbocycles. The fraction of sp³-hybridized carbons (Fsp3) is 0. The molecule has 0 unspecified atom stereocenters. The van der Waals surface area contributed by atoms with Crippen molar-refractivity contribution in [2.45, 2.75) is 0 Å². The van der Waals surface area contributed by atoms with Gasteiger partial charge < -0.3 is 4.74 Å². The highest BCUT2D eigenvalue weighted by Gasteiger charge is 2.16. The van der Waals surface area contributed by atoms with Crippen molar-refractivity contribution in [2.75, 3.05) is 0 Å². The molecule has 0 aliphatic rings. The number of halogens is 2. The van der Waals surface area contributed by atoms with Crippen LogP contribution in [0.3, 0.4) is 0 Å². The fourth-order valence-electron chi connectivity index (χ4n) is 5.26. The molecular weight excluding hydrogens is 606 g/mol. The van der Waals surface area contributed by atoms with E-state index in [4.69, 9.17) is 4.74 Å². The van der Waals surface area contributed by atoms with Gasteiger partial charge in [0.2, 0.25) is 0 Å². The first kappa shape index (κ1) is 27.8. The second kappa shape index (κ2) is 11.0. The summed E-state index contributed by atoms with van der Waals surface area (Å²) < 4.78 is 35.9. The SMILES string of the molecule is O=c1[nH]nc(-c2ccc(Oc3ccc(-c4n[nH]c(=O)c5nn(-c6ccc(F)cc6)cc45)cc3)cc2)c2cn(-c3ccc(F)cc3)nc12. The van der Waals surface area contributed by atoms with Crippen molar-refractivity contribution in [3.05, 3.63) is 142 Å². The smallest absolute Gasteiger partial charge is 0.292 e. The molecule has 8 rings (SSSR count). The van der Waals surface area contributed by atoms with Crippen molar-refractivity contribution in [2.24, 2.45) is 0 Å². The van der Waals surface area contributed by atoms with E-state index in [-0.39, 0.29) is 22.7 Å². The quantitative estimate of drug-likeness (QED) is 0.233. The monoisotopic (exact) mass is 626 g/mol. The van der Waals surface area contributed by atoms with Crippen LogP contribution in [-0.4, -0.2) is 40.0 Å². The highest BCUT2D eigenvalue weighted by molar-refractivity contribution is 5.92. The van der Waals surface area contributed by atoms with Crippen LogP contribution in [0.2, 0.25) is 0 Å². The number of nitrogens with one attached hydrogen (secondary N) is 2. The first-order chi connectivity index (χ1) is 22.9. The number of nitrogens with zero attached hydrogens (tertiary/aromatic N) is 6. The minimum absolute atomic E-state index is 0.205. The van der Waals surface area contributed by atoms with Crippen molar-refractivity contribution < 1.29 is 13.5 Å². The lowest BCUT2D eigenvalue weighted by molar-refractivity contribution is 0.483. The molecule has 0 fully saturated rings. The molecule has 0 saturated heterocycles. The van der Waals surface area contributed by atoms with Gasteiger partial charge >= 0.3 is 0 Å². The van der Waals surface area contributed by atoms with Crippen LogP contribution >= 0.6 is 0 Å². The number of benzene rings is 4. The van der Waals surface area contributed by atoms with Crippen LogP contribution in [0, 0.1) is 11.6 Å². The summed E-state index contributed by atoms with van der Waals surface area (Å²) in [5, 5.41) is 23.4. The molecule has 2 N–H and O–H groups in total. The van der Waals surface area contributed by atoms with Gasteiger partial charge in [-0.25, -0.2) is 28.3 Å². The molecule has 0 bridgehead atoms. The predicted molar refractivity (Wildman–Crippen MR) is 170 cm³/mol. The van der Waals surface area contributed by atoms with E-state index in [2.05, 4.69) is 30.6 Å². The van der Waals surface area contributed by atoms with Gasteiger partial charge in [0.25, 0.3) is 11.1 Å². The van der Waals surface area contributed by atoms with Gasteiger partial charge in [-0.2, -0.15) is 20.4 Å². The number of H-pyrrole nitrogens is 2. The van der Waals surface area contributed by atoms with E-state index in [1.54, 1.807) is 60.9 Å². The van der Waals surface area contributed by atoms with E-state index in [0.29, 0.717) is 45.0 Å². The fourth-order valence-corrected chi connectivity index (χ4v) is 5.26. The Kier molecular flexibility index (Phi) is 6.50. The van der Waals surface area contributed by atoms with Crippen LogP contribution in [0.15, 0.2) is 119 Å². The molecule has 0 atom stereocenters. The standard InChI is InChI=1S/C34H20F2N8O3/c35-21-5-9-23(10-6-21)43-17-27-29(37-39-33(45)31(27)41-43)19-1-13-25(14-2-19)47-26-15-3-20(4-16-26)30-28-18-44(24-11-7-22(36)8-12-24)42-32(28)34(46)40-38-30/h1-18H,(H,39,45)(H,40,46). The summed E-state index contributed by atoms with van der Waals surface area (Å²) in [5.74, 6) is 0.386. The Bertz CT molecular complexity index is 2360. The molecule has 11 nitrogen and oxygen atoms in total. The largest absolute Gasteiger partial charge is 0.457 e. The van der Waals surface area contributed by atoms with Gasteiger partial charge in [-0.3, -0.25) is 9.59 Å². The van der Waals surface area contributed by atoms with E-state index in [1.165, 1.54) is 33.6 Å². The molecule has 0 aliphatic carbocycles. The van der Waals surface area contributed by atoms with Gasteiger partial charge in [-0.15, -0.1) is 0 Å². The number of rotatable bonds is 6. The van der Waals surface area contributed by atoms with E-state index in [9.17, 15) is 18.4 Å². The van der Waals surface area contributed by atoms with E-state index in [0.717, 1.165) is 11.1 Å². The van der Waals surface area contributed by atoms with E-state index >= 15 is 0 Å². The number of fused-ring (bicyclic) bond motifs is 2. The van der Waals surface area contributed by atoms with Crippen molar-refractivity contribution >= 4 is 21.8 Å². The zero-order chi connectivity index (χ0) is 32.1. The van der Waals surface area contributed by atoms with Crippen LogP contribution in [0.25, 0.3) is 55.7 Å². The van der Waals surface area contributed by atoms with Gasteiger partial charge in [0.15, 0.2) is 11.0 Å². The van der Waals surface area contributed by atoms with Gasteiger partial charge in [-0.1, -0.05) is 0 Å². The second-order valence-electron chi connectivity index (χ2n) is 10.6. The van der Waals surface area contributed by atoms with E-state index < -0.39 is 11.1 Å². The maximum atomic E-state index is 13.4. The minimum Gasteiger partial charge on any atom is -0.457 e. The maximum absolute atomic E-state index is 13.4. The molecule has 0 radical (unpaired) electrons. The average molecular weight is 627 g/mol. The molecule has 13 heteroatoms.